The van der Waals surface area contributed by atoms with E-state index in [9.17, 15) is 4.79 Å². The number of hydrogen-bond donors (Lipinski definition) is 2. The number of amides is 1. The summed E-state index contributed by atoms with van der Waals surface area (Å²) in [6, 6.07) is 11.9. The van der Waals surface area contributed by atoms with Gasteiger partial charge in [-0.25, -0.2) is 0 Å². The quantitative estimate of drug-likeness (QED) is 0.671. The Labute approximate surface area is 167 Å². The average molecular weight is 392 g/mol. The van der Waals surface area contributed by atoms with Crippen molar-refractivity contribution < 1.29 is 9.53 Å². The molecule has 1 aromatic carbocycles. The van der Waals surface area contributed by atoms with E-state index in [1.54, 1.807) is 6.20 Å². The van der Waals surface area contributed by atoms with Crippen molar-refractivity contribution in [2.45, 2.75) is 31.6 Å². The van der Waals surface area contributed by atoms with Crippen molar-refractivity contribution in [1.29, 1.82) is 5.41 Å². The first kappa shape index (κ1) is 18.4. The summed E-state index contributed by atoms with van der Waals surface area (Å²) in [4.78, 5) is 20.7. The fourth-order valence-corrected chi connectivity index (χ4v) is 3.91. The number of hydrogen-bond acceptors (Lipinski definition) is 6. The molecule has 0 aliphatic carbocycles. The van der Waals surface area contributed by atoms with Gasteiger partial charge in [0.1, 0.15) is 12.4 Å². The lowest BCUT2D eigenvalue weighted by atomic mass is 10.1. The maximum absolute atomic E-state index is 11.8. The van der Waals surface area contributed by atoms with Crippen LogP contribution >= 0.6 is 11.8 Å². The van der Waals surface area contributed by atoms with E-state index in [1.165, 1.54) is 17.3 Å². The van der Waals surface area contributed by atoms with Crippen molar-refractivity contribution in [3.8, 4) is 5.75 Å². The number of pyridine rings is 2. The standard InChI is InChI=1S/C21H20N4O2S/c1-2-13-3-5-16(23-10-13)12-27-17-6-4-15-7-14(11-24-18(15)9-17)8-19-20(26)25-21(22)28-19/h3-7,9-11,19H,2,8,12H2,1H3,(H2,22,25,26). The maximum atomic E-state index is 11.8. The van der Waals surface area contributed by atoms with Gasteiger partial charge in [0.25, 0.3) is 0 Å². The molecule has 28 heavy (non-hydrogen) atoms. The Kier molecular flexibility index (Phi) is 5.25. The number of rotatable bonds is 6. The molecule has 1 aliphatic rings. The van der Waals surface area contributed by atoms with E-state index in [-0.39, 0.29) is 16.3 Å². The number of amidine groups is 1. The largest absolute Gasteiger partial charge is 0.487 e. The lowest BCUT2D eigenvalue weighted by Crippen LogP contribution is -2.25. The minimum absolute atomic E-state index is 0.112. The second-order valence-electron chi connectivity index (χ2n) is 6.63. The molecule has 0 radical (unpaired) electrons. The number of fused-ring (bicyclic) bond motifs is 1. The van der Waals surface area contributed by atoms with Crippen LogP contribution in [0.15, 0.2) is 48.8 Å². The molecule has 0 saturated carbocycles. The van der Waals surface area contributed by atoms with Crippen molar-refractivity contribution in [3.05, 3.63) is 65.6 Å². The predicted octanol–water partition coefficient (Wildman–Crippen LogP) is 3.48. The zero-order chi connectivity index (χ0) is 19.5. The Balaban J connectivity index is 1.44. The number of thioether (sulfide) groups is 1. The maximum Gasteiger partial charge on any atom is 0.239 e. The number of benzene rings is 1. The van der Waals surface area contributed by atoms with Crippen molar-refractivity contribution in [3.63, 3.8) is 0 Å². The van der Waals surface area contributed by atoms with Gasteiger partial charge in [0.2, 0.25) is 5.91 Å². The second kappa shape index (κ2) is 7.98. The summed E-state index contributed by atoms with van der Waals surface area (Å²) in [6.45, 7) is 2.51. The molecule has 1 amide bonds. The minimum atomic E-state index is -0.263. The highest BCUT2D eigenvalue weighted by Crippen LogP contribution is 2.25. The van der Waals surface area contributed by atoms with Crippen molar-refractivity contribution in [1.82, 2.24) is 15.3 Å². The van der Waals surface area contributed by atoms with Gasteiger partial charge in [0.05, 0.1) is 16.5 Å². The van der Waals surface area contributed by atoms with E-state index in [1.807, 2.05) is 36.5 Å². The normalized spacial score (nSPS) is 16.4. The van der Waals surface area contributed by atoms with Gasteiger partial charge in [0, 0.05) is 23.8 Å². The molecule has 2 N–H and O–H groups in total. The summed E-state index contributed by atoms with van der Waals surface area (Å²) in [5, 5.41) is 11.0. The van der Waals surface area contributed by atoms with E-state index in [0.717, 1.165) is 34.3 Å². The van der Waals surface area contributed by atoms with Crippen LogP contribution in [0, 0.1) is 5.41 Å². The summed E-state index contributed by atoms with van der Waals surface area (Å²) < 4.78 is 5.86. The molecule has 1 unspecified atom stereocenters. The van der Waals surface area contributed by atoms with Gasteiger partial charge in [0.15, 0.2) is 5.17 Å². The minimum Gasteiger partial charge on any atom is -0.487 e. The summed E-state index contributed by atoms with van der Waals surface area (Å²) in [5.74, 6) is 0.632. The van der Waals surface area contributed by atoms with Crippen LogP contribution in [0.25, 0.3) is 10.9 Å². The molecule has 0 spiro atoms. The smallest absolute Gasteiger partial charge is 0.239 e. The summed E-state index contributed by atoms with van der Waals surface area (Å²) in [7, 11) is 0. The molecule has 7 heteroatoms. The van der Waals surface area contributed by atoms with Crippen LogP contribution in [-0.2, 0) is 24.2 Å². The van der Waals surface area contributed by atoms with E-state index in [2.05, 4.69) is 28.3 Å². The zero-order valence-electron chi connectivity index (χ0n) is 15.4. The van der Waals surface area contributed by atoms with Crippen molar-refractivity contribution in [2.24, 2.45) is 0 Å². The number of nitrogens with zero attached hydrogens (tertiary/aromatic N) is 2. The van der Waals surface area contributed by atoms with E-state index >= 15 is 0 Å². The molecule has 4 rings (SSSR count). The summed E-state index contributed by atoms with van der Waals surface area (Å²) >= 11 is 1.25. The Morgan fingerprint density at radius 2 is 2.00 bits per heavy atom. The van der Waals surface area contributed by atoms with Gasteiger partial charge < -0.3 is 10.1 Å². The van der Waals surface area contributed by atoms with Crippen LogP contribution in [0.3, 0.4) is 0 Å². The number of aryl methyl sites for hydroxylation is 1. The molecular weight excluding hydrogens is 372 g/mol. The van der Waals surface area contributed by atoms with E-state index in [0.29, 0.717) is 13.0 Å². The highest BCUT2D eigenvalue weighted by Gasteiger charge is 2.29. The topological polar surface area (TPSA) is 88.0 Å². The monoisotopic (exact) mass is 392 g/mol. The number of carbonyl (C=O) groups excluding carboxylic acids is 1. The van der Waals surface area contributed by atoms with Crippen LogP contribution in [0.2, 0.25) is 0 Å². The molecule has 2 aromatic heterocycles. The molecule has 6 nitrogen and oxygen atoms in total. The molecule has 1 saturated heterocycles. The molecular formula is C21H20N4O2S. The lowest BCUT2D eigenvalue weighted by molar-refractivity contribution is -0.118. The Morgan fingerprint density at radius 1 is 1.14 bits per heavy atom. The van der Waals surface area contributed by atoms with Crippen LogP contribution in [0.5, 0.6) is 5.75 Å². The average Bonchev–Trinajstić information content (AvgIpc) is 3.03. The van der Waals surface area contributed by atoms with Gasteiger partial charge in [-0.15, -0.1) is 0 Å². The number of nitrogens with one attached hydrogen (secondary N) is 2. The van der Waals surface area contributed by atoms with Gasteiger partial charge in [-0.3, -0.25) is 20.2 Å². The second-order valence-corrected chi connectivity index (χ2v) is 7.84. The molecule has 3 heterocycles. The molecule has 3 aromatic rings. The Morgan fingerprint density at radius 3 is 2.71 bits per heavy atom. The number of ether oxygens (including phenoxy) is 1. The third-order valence-corrected chi connectivity index (χ3v) is 5.61. The highest BCUT2D eigenvalue weighted by atomic mass is 32.2. The number of aromatic nitrogens is 2. The fraction of sp³-hybridized carbons (Fsp3) is 0.238. The van der Waals surface area contributed by atoms with Gasteiger partial charge in [-0.05, 0) is 48.2 Å². The van der Waals surface area contributed by atoms with Gasteiger partial charge >= 0.3 is 0 Å². The molecule has 142 valence electrons. The summed E-state index contributed by atoms with van der Waals surface area (Å²) in [6.07, 6.45) is 5.19. The number of carbonyl (C=O) groups is 1. The molecule has 0 bridgehead atoms. The van der Waals surface area contributed by atoms with E-state index < -0.39 is 0 Å². The first-order valence-corrected chi connectivity index (χ1v) is 10.00. The molecule has 1 atom stereocenters. The zero-order valence-corrected chi connectivity index (χ0v) is 16.3. The van der Waals surface area contributed by atoms with Crippen molar-refractivity contribution in [2.75, 3.05) is 0 Å². The first-order chi connectivity index (χ1) is 13.6. The molecule has 1 fully saturated rings. The van der Waals surface area contributed by atoms with Crippen LogP contribution in [0.1, 0.15) is 23.7 Å². The van der Waals surface area contributed by atoms with Crippen molar-refractivity contribution >= 4 is 33.7 Å². The first-order valence-electron chi connectivity index (χ1n) is 9.12. The molecule has 1 aliphatic heterocycles. The van der Waals surface area contributed by atoms with Crippen LogP contribution < -0.4 is 10.1 Å². The third kappa shape index (κ3) is 4.14. The Hall–Kier alpha value is -2.93. The summed E-state index contributed by atoms with van der Waals surface area (Å²) in [5.41, 5.74) is 3.91. The Bertz CT molecular complexity index is 1040. The lowest BCUT2D eigenvalue weighted by Gasteiger charge is -2.09. The van der Waals surface area contributed by atoms with Gasteiger partial charge in [-0.1, -0.05) is 24.8 Å². The third-order valence-electron chi connectivity index (χ3n) is 4.60. The SMILES string of the molecule is CCc1ccc(COc2ccc3cc(CC4SC(=N)NC4=O)cnc3c2)nc1. The van der Waals surface area contributed by atoms with Crippen LogP contribution in [-0.4, -0.2) is 26.3 Å². The predicted molar refractivity (Wildman–Crippen MR) is 111 cm³/mol. The van der Waals surface area contributed by atoms with Crippen LogP contribution in [0.4, 0.5) is 0 Å². The fourth-order valence-electron chi connectivity index (χ4n) is 3.02. The highest BCUT2D eigenvalue weighted by molar-refractivity contribution is 8.15. The van der Waals surface area contributed by atoms with Gasteiger partial charge in [-0.2, -0.15) is 0 Å². The van der Waals surface area contributed by atoms with E-state index in [4.69, 9.17) is 10.1 Å².